The van der Waals surface area contributed by atoms with Crippen LogP contribution in [0.2, 0.25) is 0 Å². The third-order valence-corrected chi connectivity index (χ3v) is 3.55. The molecule has 1 N–H and O–H groups in total. The molecule has 0 bridgehead atoms. The van der Waals surface area contributed by atoms with Gasteiger partial charge in [-0.15, -0.1) is 0 Å². The first-order chi connectivity index (χ1) is 6.27. The van der Waals surface area contributed by atoms with Crippen LogP contribution in [-0.2, 0) is 0 Å². The van der Waals surface area contributed by atoms with Crippen LogP contribution in [0, 0.1) is 0 Å². The van der Waals surface area contributed by atoms with Crippen LogP contribution in [0.15, 0.2) is 0 Å². The highest BCUT2D eigenvalue weighted by atomic mass is 15.3. The molecular weight excluding hydrogens is 162 g/mol. The lowest BCUT2D eigenvalue weighted by Gasteiger charge is -2.29. The molecule has 0 amide bonds. The summed E-state index contributed by atoms with van der Waals surface area (Å²) >= 11 is 0. The van der Waals surface area contributed by atoms with Crippen LogP contribution < -0.4 is 5.32 Å². The molecule has 2 atom stereocenters. The number of nitrogens with one attached hydrogen (secondary N) is 1. The van der Waals surface area contributed by atoms with Gasteiger partial charge in [-0.3, -0.25) is 4.90 Å². The lowest BCUT2D eigenvalue weighted by atomic mass is 10.1. The van der Waals surface area contributed by atoms with E-state index in [9.17, 15) is 0 Å². The standard InChI is InChI=1S/C10H21N3/c1-12-6-4-10(8-12)13(2)9-3-5-11-7-9/h9-11H,3-8H2,1-2H3/t9-,10-/m1/s1. The lowest BCUT2D eigenvalue weighted by Crippen LogP contribution is -2.42. The highest BCUT2D eigenvalue weighted by Crippen LogP contribution is 2.17. The fraction of sp³-hybridized carbons (Fsp3) is 1.00. The number of hydrogen-bond donors (Lipinski definition) is 1. The summed E-state index contributed by atoms with van der Waals surface area (Å²) in [5.74, 6) is 0. The minimum absolute atomic E-state index is 0.788. The van der Waals surface area contributed by atoms with Gasteiger partial charge in [-0.05, 0) is 40.0 Å². The van der Waals surface area contributed by atoms with Gasteiger partial charge in [-0.2, -0.15) is 0 Å². The average molecular weight is 183 g/mol. The Morgan fingerprint density at radius 1 is 1.31 bits per heavy atom. The van der Waals surface area contributed by atoms with E-state index in [4.69, 9.17) is 0 Å². The first-order valence-corrected chi connectivity index (χ1v) is 5.38. The molecule has 76 valence electrons. The number of likely N-dealkylation sites (N-methyl/N-ethyl adjacent to an activating group) is 2. The summed E-state index contributed by atoms with van der Waals surface area (Å²) in [6.45, 7) is 4.93. The van der Waals surface area contributed by atoms with Crippen LogP contribution >= 0.6 is 0 Å². The van der Waals surface area contributed by atoms with Crippen molar-refractivity contribution in [3.8, 4) is 0 Å². The molecule has 0 radical (unpaired) electrons. The van der Waals surface area contributed by atoms with Crippen LogP contribution in [0.4, 0.5) is 0 Å². The average Bonchev–Trinajstić information content (AvgIpc) is 2.72. The minimum atomic E-state index is 0.788. The van der Waals surface area contributed by atoms with Gasteiger partial charge < -0.3 is 10.2 Å². The van der Waals surface area contributed by atoms with Crippen molar-refractivity contribution in [2.24, 2.45) is 0 Å². The zero-order chi connectivity index (χ0) is 9.26. The normalized spacial score (nSPS) is 36.2. The van der Waals surface area contributed by atoms with Crippen molar-refractivity contribution >= 4 is 0 Å². The Kier molecular flexibility index (Phi) is 2.86. The third kappa shape index (κ3) is 2.03. The van der Waals surface area contributed by atoms with Crippen LogP contribution in [-0.4, -0.2) is 62.2 Å². The third-order valence-electron chi connectivity index (χ3n) is 3.55. The second-order valence-corrected chi connectivity index (χ2v) is 4.52. The van der Waals surface area contributed by atoms with Gasteiger partial charge in [0, 0.05) is 25.2 Å². The van der Waals surface area contributed by atoms with Crippen LogP contribution in [0.3, 0.4) is 0 Å². The van der Waals surface area contributed by atoms with E-state index >= 15 is 0 Å². The van der Waals surface area contributed by atoms with Crippen molar-refractivity contribution in [2.45, 2.75) is 24.9 Å². The van der Waals surface area contributed by atoms with Gasteiger partial charge >= 0.3 is 0 Å². The van der Waals surface area contributed by atoms with E-state index in [1.165, 1.54) is 39.0 Å². The van der Waals surface area contributed by atoms with Gasteiger partial charge in [0.1, 0.15) is 0 Å². The summed E-state index contributed by atoms with van der Waals surface area (Å²) in [6, 6.07) is 1.59. The Balaban J connectivity index is 1.85. The van der Waals surface area contributed by atoms with Crippen LogP contribution in [0.1, 0.15) is 12.8 Å². The van der Waals surface area contributed by atoms with E-state index in [2.05, 4.69) is 29.2 Å². The molecule has 0 unspecified atom stereocenters. The summed E-state index contributed by atoms with van der Waals surface area (Å²) in [7, 11) is 4.52. The topological polar surface area (TPSA) is 18.5 Å². The van der Waals surface area contributed by atoms with E-state index in [1.807, 2.05) is 0 Å². The number of rotatable bonds is 2. The summed E-state index contributed by atoms with van der Waals surface area (Å²) in [4.78, 5) is 5.02. The largest absolute Gasteiger partial charge is 0.315 e. The molecule has 0 aliphatic carbocycles. The Hall–Kier alpha value is -0.120. The first kappa shape index (κ1) is 9.44. The molecule has 2 aliphatic heterocycles. The van der Waals surface area contributed by atoms with Crippen LogP contribution in [0.5, 0.6) is 0 Å². The van der Waals surface area contributed by atoms with Crippen molar-refractivity contribution in [3.63, 3.8) is 0 Å². The quantitative estimate of drug-likeness (QED) is 0.649. The molecule has 0 aromatic rings. The van der Waals surface area contributed by atoms with Crippen LogP contribution in [0.25, 0.3) is 0 Å². The fourth-order valence-electron chi connectivity index (χ4n) is 2.53. The molecule has 0 aromatic carbocycles. The van der Waals surface area contributed by atoms with E-state index in [-0.39, 0.29) is 0 Å². The molecule has 0 aromatic heterocycles. The lowest BCUT2D eigenvalue weighted by molar-refractivity contribution is 0.185. The maximum absolute atomic E-state index is 3.43. The predicted octanol–water partition coefficient (Wildman–Crippen LogP) is -0.0158. The molecule has 2 saturated heterocycles. The van der Waals surface area contributed by atoms with Crippen molar-refractivity contribution in [1.82, 2.24) is 15.1 Å². The number of likely N-dealkylation sites (tertiary alicyclic amines) is 1. The number of hydrogen-bond acceptors (Lipinski definition) is 3. The van der Waals surface area contributed by atoms with Crippen molar-refractivity contribution in [2.75, 3.05) is 40.3 Å². The summed E-state index contributed by atoms with van der Waals surface area (Å²) in [6.07, 6.45) is 2.68. The number of nitrogens with zero attached hydrogens (tertiary/aromatic N) is 2. The molecular formula is C10H21N3. The second-order valence-electron chi connectivity index (χ2n) is 4.52. The molecule has 0 saturated carbocycles. The Morgan fingerprint density at radius 2 is 2.15 bits per heavy atom. The molecule has 2 aliphatic rings. The SMILES string of the molecule is CN1CC[C@@H](N(C)[C@@H]2CCNC2)C1. The second kappa shape index (κ2) is 3.95. The van der Waals surface area contributed by atoms with Crippen molar-refractivity contribution in [3.05, 3.63) is 0 Å². The molecule has 2 heterocycles. The van der Waals surface area contributed by atoms with Gasteiger partial charge in [-0.1, -0.05) is 0 Å². The smallest absolute Gasteiger partial charge is 0.0235 e. The highest BCUT2D eigenvalue weighted by Gasteiger charge is 2.29. The summed E-state index contributed by atoms with van der Waals surface area (Å²) in [5.41, 5.74) is 0. The van der Waals surface area contributed by atoms with Gasteiger partial charge in [0.2, 0.25) is 0 Å². The van der Waals surface area contributed by atoms with Gasteiger partial charge in [0.25, 0.3) is 0 Å². The van der Waals surface area contributed by atoms with E-state index in [1.54, 1.807) is 0 Å². The van der Waals surface area contributed by atoms with E-state index < -0.39 is 0 Å². The van der Waals surface area contributed by atoms with Gasteiger partial charge in [0.15, 0.2) is 0 Å². The molecule has 2 rings (SSSR count). The minimum Gasteiger partial charge on any atom is -0.315 e. The summed E-state index contributed by atoms with van der Waals surface area (Å²) in [5, 5.41) is 3.43. The highest BCUT2D eigenvalue weighted by molar-refractivity contribution is 4.87. The zero-order valence-electron chi connectivity index (χ0n) is 8.79. The van der Waals surface area contributed by atoms with Gasteiger partial charge in [-0.25, -0.2) is 0 Å². The molecule has 3 nitrogen and oxygen atoms in total. The summed E-state index contributed by atoms with van der Waals surface area (Å²) < 4.78 is 0. The van der Waals surface area contributed by atoms with E-state index in [0.29, 0.717) is 0 Å². The zero-order valence-corrected chi connectivity index (χ0v) is 8.79. The monoisotopic (exact) mass is 183 g/mol. The first-order valence-electron chi connectivity index (χ1n) is 5.38. The Morgan fingerprint density at radius 3 is 2.69 bits per heavy atom. The molecule has 0 spiro atoms. The van der Waals surface area contributed by atoms with Crippen molar-refractivity contribution in [1.29, 1.82) is 0 Å². The fourth-order valence-corrected chi connectivity index (χ4v) is 2.53. The molecule has 2 fully saturated rings. The molecule has 3 heteroatoms. The maximum Gasteiger partial charge on any atom is 0.0235 e. The molecule has 13 heavy (non-hydrogen) atoms. The van der Waals surface area contributed by atoms with Gasteiger partial charge in [0.05, 0.1) is 0 Å². The van der Waals surface area contributed by atoms with E-state index in [0.717, 1.165) is 12.1 Å². The Labute approximate surface area is 81.1 Å². The van der Waals surface area contributed by atoms with Crippen molar-refractivity contribution < 1.29 is 0 Å². The maximum atomic E-state index is 3.43. The predicted molar refractivity (Wildman–Crippen MR) is 54.9 cm³/mol. The Bertz CT molecular complexity index is 166.